The summed E-state index contributed by atoms with van der Waals surface area (Å²) in [5, 5.41) is 3.45. The number of nitrogens with zero attached hydrogens (tertiary/aromatic N) is 3. The highest BCUT2D eigenvalue weighted by Gasteiger charge is 2.09. The summed E-state index contributed by atoms with van der Waals surface area (Å²) in [6.07, 6.45) is 0.512. The van der Waals surface area contributed by atoms with Crippen molar-refractivity contribution in [2.75, 3.05) is 20.8 Å². The number of esters is 1. The van der Waals surface area contributed by atoms with Crippen molar-refractivity contribution in [1.82, 2.24) is 0 Å². The Bertz CT molecular complexity index is 453. The van der Waals surface area contributed by atoms with Crippen LogP contribution in [0.15, 0.2) is 23.3 Å². The molecule has 0 aliphatic heterocycles. The number of methoxy groups -OCH3 is 2. The average molecular weight is 235 g/mol. The Labute approximate surface area is 98.8 Å². The van der Waals surface area contributed by atoms with Crippen LogP contribution in [-0.4, -0.2) is 26.7 Å². The second-order valence-electron chi connectivity index (χ2n) is 3.22. The third-order valence-corrected chi connectivity index (χ3v) is 2.25. The zero-order chi connectivity index (χ0) is 12.7. The predicted molar refractivity (Wildman–Crippen MR) is 62.1 cm³/mol. The van der Waals surface area contributed by atoms with E-state index >= 15 is 0 Å². The minimum Gasteiger partial charge on any atom is -0.496 e. The van der Waals surface area contributed by atoms with Crippen LogP contribution in [0.3, 0.4) is 0 Å². The van der Waals surface area contributed by atoms with Gasteiger partial charge in [-0.3, -0.25) is 0 Å². The molecule has 0 fully saturated rings. The van der Waals surface area contributed by atoms with Crippen LogP contribution < -0.4 is 4.74 Å². The molecular weight excluding hydrogens is 222 g/mol. The third-order valence-electron chi connectivity index (χ3n) is 2.25. The molecule has 0 aliphatic rings. The Morgan fingerprint density at radius 2 is 2.24 bits per heavy atom. The van der Waals surface area contributed by atoms with E-state index < -0.39 is 5.97 Å². The standard InChI is InChI=1S/C11H13N3O3/c1-16-10-4-3-9(11(15)17-2)7-8(10)5-6-13-14-12/h3-4,7H,5-6H2,1-2H3. The summed E-state index contributed by atoms with van der Waals surface area (Å²) < 4.78 is 9.79. The van der Waals surface area contributed by atoms with Crippen molar-refractivity contribution >= 4 is 5.97 Å². The van der Waals surface area contributed by atoms with Crippen molar-refractivity contribution in [3.05, 3.63) is 39.8 Å². The van der Waals surface area contributed by atoms with Gasteiger partial charge in [-0.2, -0.15) is 0 Å². The number of carbonyl (C=O) groups excluding carboxylic acids is 1. The normalized spacial score (nSPS) is 9.29. The summed E-state index contributed by atoms with van der Waals surface area (Å²) in [5.41, 5.74) is 9.46. The lowest BCUT2D eigenvalue weighted by Crippen LogP contribution is -2.03. The van der Waals surface area contributed by atoms with Gasteiger partial charge in [-0.25, -0.2) is 4.79 Å². The van der Waals surface area contributed by atoms with Crippen molar-refractivity contribution in [3.63, 3.8) is 0 Å². The molecule has 0 aliphatic carbocycles. The van der Waals surface area contributed by atoms with E-state index in [-0.39, 0.29) is 0 Å². The Morgan fingerprint density at radius 1 is 1.47 bits per heavy atom. The quantitative estimate of drug-likeness (QED) is 0.340. The molecule has 0 unspecified atom stereocenters. The number of hydrogen-bond acceptors (Lipinski definition) is 4. The van der Waals surface area contributed by atoms with E-state index in [1.165, 1.54) is 7.11 Å². The van der Waals surface area contributed by atoms with Gasteiger partial charge >= 0.3 is 5.97 Å². The van der Waals surface area contributed by atoms with E-state index in [4.69, 9.17) is 10.3 Å². The minimum atomic E-state index is -0.405. The summed E-state index contributed by atoms with van der Waals surface area (Å²) in [6.45, 7) is 0.317. The Kier molecular flexibility index (Phi) is 4.84. The minimum absolute atomic E-state index is 0.317. The molecule has 0 heterocycles. The van der Waals surface area contributed by atoms with E-state index in [1.807, 2.05) is 0 Å². The van der Waals surface area contributed by atoms with Gasteiger partial charge in [0.1, 0.15) is 5.75 Å². The molecule has 0 amide bonds. The number of hydrogen-bond donors (Lipinski definition) is 0. The van der Waals surface area contributed by atoms with E-state index in [9.17, 15) is 4.79 Å². The van der Waals surface area contributed by atoms with Crippen LogP contribution in [-0.2, 0) is 11.2 Å². The number of carbonyl (C=O) groups is 1. The average Bonchev–Trinajstić information content (AvgIpc) is 2.38. The molecule has 0 saturated carbocycles. The molecule has 17 heavy (non-hydrogen) atoms. The zero-order valence-corrected chi connectivity index (χ0v) is 9.71. The highest BCUT2D eigenvalue weighted by Crippen LogP contribution is 2.21. The zero-order valence-electron chi connectivity index (χ0n) is 9.71. The van der Waals surface area contributed by atoms with Crippen LogP contribution in [0.25, 0.3) is 10.4 Å². The van der Waals surface area contributed by atoms with Gasteiger partial charge in [0.05, 0.1) is 19.8 Å². The molecule has 1 rings (SSSR count). The number of azide groups is 1. The maximum absolute atomic E-state index is 11.4. The fraction of sp³-hybridized carbons (Fsp3) is 0.364. The highest BCUT2D eigenvalue weighted by atomic mass is 16.5. The van der Waals surface area contributed by atoms with Gasteiger partial charge in [-0.15, -0.1) is 0 Å². The second kappa shape index (κ2) is 6.40. The fourth-order valence-corrected chi connectivity index (χ4v) is 1.43. The van der Waals surface area contributed by atoms with Crippen molar-refractivity contribution in [2.24, 2.45) is 5.11 Å². The van der Waals surface area contributed by atoms with Gasteiger partial charge in [-0.05, 0) is 35.7 Å². The number of benzene rings is 1. The maximum atomic E-state index is 11.4. The first kappa shape index (κ1) is 12.9. The first-order valence-corrected chi connectivity index (χ1v) is 4.99. The van der Waals surface area contributed by atoms with Gasteiger partial charge in [0.2, 0.25) is 0 Å². The molecule has 0 bridgehead atoms. The van der Waals surface area contributed by atoms with Crippen LogP contribution >= 0.6 is 0 Å². The van der Waals surface area contributed by atoms with E-state index in [1.54, 1.807) is 25.3 Å². The number of ether oxygens (including phenoxy) is 2. The maximum Gasteiger partial charge on any atom is 0.337 e. The van der Waals surface area contributed by atoms with Crippen molar-refractivity contribution in [2.45, 2.75) is 6.42 Å². The summed E-state index contributed by atoms with van der Waals surface area (Å²) in [5.74, 6) is 0.253. The van der Waals surface area contributed by atoms with Crippen LogP contribution in [0.1, 0.15) is 15.9 Å². The molecule has 0 atom stereocenters. The summed E-state index contributed by atoms with van der Waals surface area (Å²) >= 11 is 0. The van der Waals surface area contributed by atoms with Gasteiger partial charge in [0, 0.05) is 11.5 Å². The van der Waals surface area contributed by atoms with E-state index in [0.717, 1.165) is 5.56 Å². The second-order valence-corrected chi connectivity index (χ2v) is 3.22. The fourth-order valence-electron chi connectivity index (χ4n) is 1.43. The molecule has 0 radical (unpaired) electrons. The predicted octanol–water partition coefficient (Wildman–Crippen LogP) is 2.33. The van der Waals surface area contributed by atoms with Gasteiger partial charge in [0.25, 0.3) is 0 Å². The Hall–Kier alpha value is -2.20. The van der Waals surface area contributed by atoms with Gasteiger partial charge < -0.3 is 9.47 Å². The van der Waals surface area contributed by atoms with Crippen molar-refractivity contribution in [1.29, 1.82) is 0 Å². The first-order valence-electron chi connectivity index (χ1n) is 4.99. The van der Waals surface area contributed by atoms with E-state index in [0.29, 0.717) is 24.3 Å². The summed E-state index contributed by atoms with van der Waals surface area (Å²) in [7, 11) is 2.87. The van der Waals surface area contributed by atoms with Crippen molar-refractivity contribution < 1.29 is 14.3 Å². The monoisotopic (exact) mass is 235 g/mol. The van der Waals surface area contributed by atoms with Crippen LogP contribution in [0, 0.1) is 0 Å². The van der Waals surface area contributed by atoms with Crippen LogP contribution in [0.2, 0.25) is 0 Å². The molecule has 1 aromatic carbocycles. The topological polar surface area (TPSA) is 84.3 Å². The third kappa shape index (κ3) is 3.39. The molecular formula is C11H13N3O3. The molecule has 0 saturated heterocycles. The summed E-state index contributed by atoms with van der Waals surface area (Å²) in [6, 6.07) is 5.00. The highest BCUT2D eigenvalue weighted by molar-refractivity contribution is 5.89. The lowest BCUT2D eigenvalue weighted by Gasteiger charge is -2.08. The Morgan fingerprint density at radius 3 is 2.82 bits per heavy atom. The van der Waals surface area contributed by atoms with E-state index in [2.05, 4.69) is 14.8 Å². The molecule has 0 N–H and O–H groups in total. The van der Waals surface area contributed by atoms with Crippen LogP contribution in [0.5, 0.6) is 5.75 Å². The molecule has 90 valence electrons. The summed E-state index contributed by atoms with van der Waals surface area (Å²) in [4.78, 5) is 14.0. The number of rotatable bonds is 5. The molecule has 6 nitrogen and oxygen atoms in total. The molecule has 1 aromatic rings. The lowest BCUT2D eigenvalue weighted by molar-refractivity contribution is 0.0600. The molecule has 0 spiro atoms. The van der Waals surface area contributed by atoms with Crippen molar-refractivity contribution in [3.8, 4) is 5.75 Å². The van der Waals surface area contributed by atoms with Gasteiger partial charge in [0.15, 0.2) is 0 Å². The smallest absolute Gasteiger partial charge is 0.337 e. The first-order chi connectivity index (χ1) is 8.22. The molecule has 0 aromatic heterocycles. The lowest BCUT2D eigenvalue weighted by atomic mass is 10.1. The van der Waals surface area contributed by atoms with Gasteiger partial charge in [-0.1, -0.05) is 5.11 Å². The molecule has 6 heteroatoms. The Balaban J connectivity index is 2.97. The van der Waals surface area contributed by atoms with Crippen LogP contribution in [0.4, 0.5) is 0 Å². The largest absolute Gasteiger partial charge is 0.496 e. The SMILES string of the molecule is COC(=O)c1ccc(OC)c(CCN=[N+]=[N-])c1.